The molecule has 0 atom stereocenters. The first-order valence-electron chi connectivity index (χ1n) is 28.8. The Bertz CT molecular complexity index is 5020. The van der Waals surface area contributed by atoms with Crippen molar-refractivity contribution >= 4 is 65.7 Å². The van der Waals surface area contributed by atoms with E-state index in [4.69, 9.17) is 29.9 Å². The predicted octanol–water partition coefficient (Wildman–Crippen LogP) is 18.1. The van der Waals surface area contributed by atoms with Crippen molar-refractivity contribution in [2.45, 2.75) is 0 Å². The van der Waals surface area contributed by atoms with Crippen LogP contribution in [0.25, 0.3) is 157 Å². The molecule has 0 saturated heterocycles. The van der Waals surface area contributed by atoms with Gasteiger partial charge in [-0.25, -0.2) is 29.9 Å². The second-order valence-corrected chi connectivity index (χ2v) is 21.5. The largest absolute Gasteiger partial charge is 0.295 e. The third kappa shape index (κ3) is 7.96. The van der Waals surface area contributed by atoms with Crippen LogP contribution in [0.15, 0.2) is 291 Å². The third-order valence-electron chi connectivity index (χ3n) is 16.4. The van der Waals surface area contributed by atoms with Crippen molar-refractivity contribution in [3.05, 3.63) is 291 Å². The predicted molar refractivity (Wildman–Crippen MR) is 348 cm³/mol. The molecule has 0 aliphatic carbocycles. The molecule has 0 saturated carbocycles. The lowest BCUT2D eigenvalue weighted by molar-refractivity contribution is 1.04. The maximum absolute atomic E-state index is 5.16. The lowest BCUT2D eigenvalue weighted by atomic mass is 10.1. The van der Waals surface area contributed by atoms with E-state index in [0.717, 1.165) is 111 Å². The van der Waals surface area contributed by atoms with Crippen molar-refractivity contribution in [3.63, 3.8) is 0 Å². The summed E-state index contributed by atoms with van der Waals surface area (Å²) in [7, 11) is 0. The number of nitrogens with zero attached hydrogens (tertiary/aromatic N) is 10. The zero-order chi connectivity index (χ0) is 56.7. The van der Waals surface area contributed by atoms with Crippen LogP contribution < -0.4 is 0 Å². The summed E-state index contributed by atoms with van der Waals surface area (Å²) in [6.07, 6.45) is 0. The minimum absolute atomic E-state index is 0.593. The van der Waals surface area contributed by atoms with E-state index in [2.05, 4.69) is 188 Å². The average Bonchev–Trinajstić information content (AvgIpc) is 1.65. The molecule has 17 rings (SSSR count). The fraction of sp³-hybridized carbons (Fsp3) is 0. The molecule has 0 aliphatic heterocycles. The number of fused-ring (bicyclic) bond motifs is 10. The maximum atomic E-state index is 5.16. The standard InChI is InChI=1S/C76H48N10/c1-5-24-49(25-6-1)69-77-70(50-26-7-2-8-27-50)80-73(79-69)53-32-21-34-55(46-53)83-63-42-17-13-38-59(63)67-61-40-15-19-44-65(61)85(75(67)83)57-36-23-37-58(48-57)86-66-45-20-16-41-62(66)68-60-39-14-18-43-64(60)84(76(68)86)56-35-22-33-54(47-56)74-81-71(51-28-9-3-10-29-51)78-72(82-74)52-30-11-4-12-31-52/h1-48H. The fourth-order valence-corrected chi connectivity index (χ4v) is 12.7. The Morgan fingerprint density at radius 2 is 0.407 bits per heavy atom. The summed E-state index contributed by atoms with van der Waals surface area (Å²) >= 11 is 0. The third-order valence-corrected chi connectivity index (χ3v) is 16.4. The maximum Gasteiger partial charge on any atom is 0.164 e. The molecule has 0 N–H and O–H groups in total. The number of benzene rings is 11. The van der Waals surface area contributed by atoms with Crippen molar-refractivity contribution in [1.29, 1.82) is 0 Å². The molecule has 0 spiro atoms. The van der Waals surface area contributed by atoms with Gasteiger partial charge in [0.15, 0.2) is 34.9 Å². The molecule has 86 heavy (non-hydrogen) atoms. The van der Waals surface area contributed by atoms with Gasteiger partial charge >= 0.3 is 0 Å². The zero-order valence-electron chi connectivity index (χ0n) is 46.2. The van der Waals surface area contributed by atoms with Crippen LogP contribution in [0.1, 0.15) is 0 Å². The van der Waals surface area contributed by atoms with E-state index in [-0.39, 0.29) is 0 Å². The summed E-state index contributed by atoms with van der Waals surface area (Å²) in [6.45, 7) is 0. The highest BCUT2D eigenvalue weighted by atomic mass is 15.2. The molecule has 0 fully saturated rings. The van der Waals surface area contributed by atoms with Crippen LogP contribution in [0.4, 0.5) is 0 Å². The molecule has 0 unspecified atom stereocenters. The van der Waals surface area contributed by atoms with Crippen molar-refractivity contribution in [2.75, 3.05) is 0 Å². The fourth-order valence-electron chi connectivity index (χ4n) is 12.7. The number of hydrogen-bond acceptors (Lipinski definition) is 6. The van der Waals surface area contributed by atoms with Gasteiger partial charge in [0, 0.05) is 88.4 Å². The topological polar surface area (TPSA) is 97.1 Å². The molecule has 0 bridgehead atoms. The number of rotatable bonds is 10. The van der Waals surface area contributed by atoms with Gasteiger partial charge in [0.05, 0.1) is 22.1 Å². The van der Waals surface area contributed by atoms with Crippen molar-refractivity contribution < 1.29 is 0 Å². The summed E-state index contributed by atoms with van der Waals surface area (Å²) < 4.78 is 9.69. The molecule has 6 aromatic heterocycles. The molecule has 11 aromatic carbocycles. The van der Waals surface area contributed by atoms with Crippen LogP contribution in [0.2, 0.25) is 0 Å². The van der Waals surface area contributed by atoms with E-state index >= 15 is 0 Å². The zero-order valence-corrected chi connectivity index (χ0v) is 46.2. The van der Waals surface area contributed by atoms with Gasteiger partial charge in [-0.15, -0.1) is 0 Å². The first-order chi connectivity index (χ1) is 42.7. The van der Waals surface area contributed by atoms with Gasteiger partial charge in [0.1, 0.15) is 11.3 Å². The van der Waals surface area contributed by atoms with Crippen molar-refractivity contribution in [1.82, 2.24) is 48.2 Å². The SMILES string of the molecule is c1ccc(-c2nc(-c3ccccc3)nc(-c3cccc(-n4c5ccccc5c5c6ccccc6n(-c6cccc(-n7c8ccccc8c8c9ccccc9n(-c9cccc(-c%10nc(-c%11ccccc%11)nc(-c%11ccccc%11)n%10)c9)c87)c6)c54)c3)n2)cc1. The Balaban J connectivity index is 0.867. The summed E-state index contributed by atoms with van der Waals surface area (Å²) in [5, 5.41) is 6.98. The summed E-state index contributed by atoms with van der Waals surface area (Å²) in [6, 6.07) is 102. The molecule has 10 heteroatoms. The molecule has 402 valence electrons. The summed E-state index contributed by atoms with van der Waals surface area (Å²) in [5.41, 5.74) is 15.9. The molecule has 0 radical (unpaired) electrons. The Labute approximate surface area is 493 Å². The van der Waals surface area contributed by atoms with Crippen molar-refractivity contribution in [2.24, 2.45) is 0 Å². The molecule has 6 heterocycles. The Hall–Kier alpha value is -11.9. The molecular weight excluding hydrogens is 1050 g/mol. The minimum atomic E-state index is 0.593. The highest BCUT2D eigenvalue weighted by Gasteiger charge is 2.26. The Kier molecular flexibility index (Phi) is 11.3. The highest BCUT2D eigenvalue weighted by Crippen LogP contribution is 2.44. The Morgan fingerprint density at radius 3 is 0.698 bits per heavy atom. The molecule has 10 nitrogen and oxygen atoms in total. The average molecular weight is 1100 g/mol. The van der Waals surface area contributed by atoms with Gasteiger partial charge in [-0.2, -0.15) is 0 Å². The monoisotopic (exact) mass is 1100 g/mol. The number of para-hydroxylation sites is 4. The van der Waals surface area contributed by atoms with Crippen LogP contribution >= 0.6 is 0 Å². The summed E-state index contributed by atoms with van der Waals surface area (Å²) in [4.78, 5) is 30.7. The van der Waals surface area contributed by atoms with Gasteiger partial charge in [-0.1, -0.05) is 224 Å². The van der Waals surface area contributed by atoms with Crippen LogP contribution in [0.3, 0.4) is 0 Å². The molecule has 17 aromatic rings. The normalized spacial score (nSPS) is 11.7. The molecule has 0 aliphatic rings. The lowest BCUT2D eigenvalue weighted by Gasteiger charge is -2.17. The van der Waals surface area contributed by atoms with Gasteiger partial charge in [0.2, 0.25) is 0 Å². The van der Waals surface area contributed by atoms with Gasteiger partial charge in [-0.05, 0) is 66.7 Å². The summed E-state index contributed by atoms with van der Waals surface area (Å²) in [5.74, 6) is 3.65. The van der Waals surface area contributed by atoms with E-state index in [9.17, 15) is 0 Å². The quantitative estimate of drug-likeness (QED) is 0.135. The van der Waals surface area contributed by atoms with E-state index in [1.807, 2.05) is 121 Å². The van der Waals surface area contributed by atoms with Gasteiger partial charge in [0.25, 0.3) is 0 Å². The number of aromatic nitrogens is 10. The van der Waals surface area contributed by atoms with E-state index in [0.29, 0.717) is 34.9 Å². The van der Waals surface area contributed by atoms with Crippen LogP contribution in [0, 0.1) is 0 Å². The first-order valence-corrected chi connectivity index (χ1v) is 28.8. The smallest absolute Gasteiger partial charge is 0.164 e. The van der Waals surface area contributed by atoms with Crippen LogP contribution in [-0.4, -0.2) is 48.2 Å². The van der Waals surface area contributed by atoms with Gasteiger partial charge in [-0.3, -0.25) is 18.3 Å². The van der Waals surface area contributed by atoms with E-state index in [1.54, 1.807) is 0 Å². The Morgan fingerprint density at radius 1 is 0.186 bits per heavy atom. The van der Waals surface area contributed by atoms with E-state index < -0.39 is 0 Å². The first kappa shape index (κ1) is 48.8. The van der Waals surface area contributed by atoms with Crippen molar-refractivity contribution in [3.8, 4) is 91.1 Å². The molecular formula is C76H48N10. The second kappa shape index (κ2) is 19.9. The van der Waals surface area contributed by atoms with Crippen LogP contribution in [-0.2, 0) is 0 Å². The number of hydrogen-bond donors (Lipinski definition) is 0. The highest BCUT2D eigenvalue weighted by molar-refractivity contribution is 6.24. The second-order valence-electron chi connectivity index (χ2n) is 21.5. The van der Waals surface area contributed by atoms with Crippen LogP contribution in [0.5, 0.6) is 0 Å². The lowest BCUT2D eigenvalue weighted by Crippen LogP contribution is -2.05. The van der Waals surface area contributed by atoms with Gasteiger partial charge < -0.3 is 0 Å². The van der Waals surface area contributed by atoms with E-state index in [1.165, 1.54) is 10.8 Å². The minimum Gasteiger partial charge on any atom is -0.295 e. The molecule has 0 amide bonds.